The van der Waals surface area contributed by atoms with Crippen molar-refractivity contribution in [3.05, 3.63) is 21.9 Å². The summed E-state index contributed by atoms with van der Waals surface area (Å²) in [5.74, 6) is -0.205. The van der Waals surface area contributed by atoms with Gasteiger partial charge in [-0.2, -0.15) is 0 Å². The van der Waals surface area contributed by atoms with E-state index in [1.807, 2.05) is 11.3 Å². The predicted octanol–water partition coefficient (Wildman–Crippen LogP) is 2.62. The van der Waals surface area contributed by atoms with Gasteiger partial charge in [-0.15, -0.1) is 11.3 Å². The minimum Gasteiger partial charge on any atom is -0.370 e. The van der Waals surface area contributed by atoms with Crippen LogP contribution in [-0.2, 0) is 11.2 Å². The van der Waals surface area contributed by atoms with Gasteiger partial charge in [0.05, 0.1) is 0 Å². The van der Waals surface area contributed by atoms with Crippen molar-refractivity contribution in [2.45, 2.75) is 45.6 Å². The lowest BCUT2D eigenvalue weighted by Crippen LogP contribution is -2.19. The molecule has 0 aliphatic carbocycles. The van der Waals surface area contributed by atoms with Crippen LogP contribution in [0.3, 0.4) is 0 Å². The highest BCUT2D eigenvalue weighted by atomic mass is 32.1. The first-order chi connectivity index (χ1) is 8.13. The molecule has 0 aliphatic rings. The molecule has 0 radical (unpaired) electrons. The summed E-state index contributed by atoms with van der Waals surface area (Å²) in [7, 11) is 0. The zero-order valence-electron chi connectivity index (χ0n) is 10.7. The van der Waals surface area contributed by atoms with Gasteiger partial charge < -0.3 is 11.1 Å². The summed E-state index contributed by atoms with van der Waals surface area (Å²) in [6.07, 6.45) is 3.48. The van der Waals surface area contributed by atoms with Gasteiger partial charge in [0.15, 0.2) is 0 Å². The third kappa shape index (κ3) is 5.33. The van der Waals surface area contributed by atoms with E-state index in [0.717, 1.165) is 25.8 Å². The number of hydrogen-bond donors (Lipinski definition) is 2. The molecule has 1 aromatic heterocycles. The zero-order chi connectivity index (χ0) is 12.7. The molecule has 4 heteroatoms. The van der Waals surface area contributed by atoms with Crippen molar-refractivity contribution in [3.63, 3.8) is 0 Å². The van der Waals surface area contributed by atoms with Crippen molar-refractivity contribution in [2.24, 2.45) is 5.73 Å². The van der Waals surface area contributed by atoms with Crippen LogP contribution in [-0.4, -0.2) is 12.5 Å². The maximum absolute atomic E-state index is 10.6. The molecular weight excluding hydrogens is 232 g/mol. The van der Waals surface area contributed by atoms with Crippen molar-refractivity contribution in [1.29, 1.82) is 0 Å². The summed E-state index contributed by atoms with van der Waals surface area (Å²) in [6, 6.07) is 4.80. The SMILES string of the molecule is CCc1ccc(C(C)NCCCCC(N)=O)s1. The van der Waals surface area contributed by atoms with E-state index >= 15 is 0 Å². The van der Waals surface area contributed by atoms with Crippen molar-refractivity contribution < 1.29 is 4.79 Å². The van der Waals surface area contributed by atoms with Gasteiger partial charge in [0.25, 0.3) is 0 Å². The Kier molecular flexibility index (Phi) is 6.22. The van der Waals surface area contributed by atoms with Gasteiger partial charge in [-0.3, -0.25) is 4.79 Å². The summed E-state index contributed by atoms with van der Waals surface area (Å²) < 4.78 is 0. The van der Waals surface area contributed by atoms with Gasteiger partial charge in [0, 0.05) is 22.2 Å². The van der Waals surface area contributed by atoms with Gasteiger partial charge in [0.1, 0.15) is 0 Å². The summed E-state index contributed by atoms with van der Waals surface area (Å²) >= 11 is 1.87. The molecule has 3 N–H and O–H groups in total. The fraction of sp³-hybridized carbons (Fsp3) is 0.615. The summed E-state index contributed by atoms with van der Waals surface area (Å²) in [5.41, 5.74) is 5.09. The first kappa shape index (κ1) is 14.2. The normalized spacial score (nSPS) is 12.6. The van der Waals surface area contributed by atoms with Gasteiger partial charge in [-0.25, -0.2) is 0 Å². The van der Waals surface area contributed by atoms with Crippen LogP contribution < -0.4 is 11.1 Å². The van der Waals surface area contributed by atoms with E-state index in [0.29, 0.717) is 12.5 Å². The summed E-state index contributed by atoms with van der Waals surface area (Å²) in [6.45, 7) is 5.30. The molecule has 96 valence electrons. The van der Waals surface area contributed by atoms with Gasteiger partial charge in [-0.1, -0.05) is 6.92 Å². The maximum atomic E-state index is 10.6. The van der Waals surface area contributed by atoms with E-state index in [1.54, 1.807) is 0 Å². The minimum atomic E-state index is -0.205. The van der Waals surface area contributed by atoms with Crippen molar-refractivity contribution in [3.8, 4) is 0 Å². The lowest BCUT2D eigenvalue weighted by molar-refractivity contribution is -0.118. The number of aryl methyl sites for hydroxylation is 1. The number of rotatable bonds is 8. The Morgan fingerprint density at radius 3 is 2.82 bits per heavy atom. The Labute approximate surface area is 107 Å². The highest BCUT2D eigenvalue weighted by Gasteiger charge is 2.07. The Balaban J connectivity index is 2.20. The molecule has 1 unspecified atom stereocenters. The average Bonchev–Trinajstić information content (AvgIpc) is 2.76. The summed E-state index contributed by atoms with van der Waals surface area (Å²) in [4.78, 5) is 13.4. The Hall–Kier alpha value is -0.870. The fourth-order valence-electron chi connectivity index (χ4n) is 1.66. The molecule has 0 bridgehead atoms. The highest BCUT2D eigenvalue weighted by Crippen LogP contribution is 2.23. The van der Waals surface area contributed by atoms with Crippen molar-refractivity contribution in [2.75, 3.05) is 6.54 Å². The quantitative estimate of drug-likeness (QED) is 0.701. The first-order valence-electron chi connectivity index (χ1n) is 6.23. The molecule has 1 atom stereocenters. The standard InChI is InChI=1S/C13H22N2OS/c1-3-11-7-8-12(17-11)10(2)15-9-5-4-6-13(14)16/h7-8,10,15H,3-6,9H2,1-2H3,(H2,14,16). The van der Waals surface area contributed by atoms with Crippen LogP contribution in [0.5, 0.6) is 0 Å². The average molecular weight is 254 g/mol. The largest absolute Gasteiger partial charge is 0.370 e. The fourth-order valence-corrected chi connectivity index (χ4v) is 2.64. The molecule has 0 fully saturated rings. The molecule has 1 rings (SSSR count). The van der Waals surface area contributed by atoms with Crippen LogP contribution in [0.25, 0.3) is 0 Å². The van der Waals surface area contributed by atoms with Crippen molar-refractivity contribution in [1.82, 2.24) is 5.32 Å². The van der Waals surface area contributed by atoms with Crippen LogP contribution >= 0.6 is 11.3 Å². The molecule has 17 heavy (non-hydrogen) atoms. The summed E-state index contributed by atoms with van der Waals surface area (Å²) in [5, 5.41) is 3.47. The minimum absolute atomic E-state index is 0.205. The second-order valence-corrected chi connectivity index (χ2v) is 5.46. The molecule has 0 saturated heterocycles. The second kappa shape index (κ2) is 7.45. The third-order valence-corrected chi connectivity index (χ3v) is 4.17. The van der Waals surface area contributed by atoms with Gasteiger partial charge in [-0.05, 0) is 44.9 Å². The van der Waals surface area contributed by atoms with Gasteiger partial charge >= 0.3 is 0 Å². The number of thiophene rings is 1. The number of primary amides is 1. The molecule has 3 nitrogen and oxygen atoms in total. The molecule has 1 heterocycles. The van der Waals surface area contributed by atoms with Gasteiger partial charge in [0.2, 0.25) is 5.91 Å². The molecule has 0 aliphatic heterocycles. The Morgan fingerprint density at radius 1 is 1.47 bits per heavy atom. The smallest absolute Gasteiger partial charge is 0.217 e. The number of amides is 1. The van der Waals surface area contributed by atoms with Crippen molar-refractivity contribution >= 4 is 17.2 Å². The Morgan fingerprint density at radius 2 is 2.24 bits per heavy atom. The van der Waals surface area contributed by atoms with E-state index in [-0.39, 0.29) is 5.91 Å². The van der Waals surface area contributed by atoms with Crippen LogP contribution in [0.15, 0.2) is 12.1 Å². The molecule has 0 aromatic carbocycles. The number of carbonyl (C=O) groups excluding carboxylic acids is 1. The second-order valence-electron chi connectivity index (χ2n) is 4.26. The monoisotopic (exact) mass is 254 g/mol. The lowest BCUT2D eigenvalue weighted by atomic mass is 10.2. The van der Waals surface area contributed by atoms with Crippen LogP contribution in [0.4, 0.5) is 0 Å². The predicted molar refractivity (Wildman–Crippen MR) is 73.2 cm³/mol. The first-order valence-corrected chi connectivity index (χ1v) is 7.05. The number of nitrogens with two attached hydrogens (primary N) is 1. The highest BCUT2D eigenvalue weighted by molar-refractivity contribution is 7.12. The van der Waals surface area contributed by atoms with E-state index in [2.05, 4.69) is 31.3 Å². The number of unbranched alkanes of at least 4 members (excludes halogenated alkanes) is 1. The van der Waals surface area contributed by atoms with E-state index in [4.69, 9.17) is 5.73 Å². The van der Waals surface area contributed by atoms with Crippen LogP contribution in [0, 0.1) is 0 Å². The number of hydrogen-bond acceptors (Lipinski definition) is 3. The Bertz CT molecular complexity index is 349. The molecule has 0 spiro atoms. The van der Waals surface area contributed by atoms with E-state index in [1.165, 1.54) is 9.75 Å². The van der Waals surface area contributed by atoms with E-state index < -0.39 is 0 Å². The van der Waals surface area contributed by atoms with Crippen LogP contribution in [0.1, 0.15) is 48.9 Å². The molecule has 0 saturated carbocycles. The third-order valence-electron chi connectivity index (χ3n) is 2.76. The lowest BCUT2D eigenvalue weighted by Gasteiger charge is -2.11. The molecular formula is C13H22N2OS. The molecule has 1 aromatic rings. The topological polar surface area (TPSA) is 55.1 Å². The number of carbonyl (C=O) groups is 1. The zero-order valence-corrected chi connectivity index (χ0v) is 11.5. The molecule has 1 amide bonds. The maximum Gasteiger partial charge on any atom is 0.217 e. The van der Waals surface area contributed by atoms with Crippen LogP contribution in [0.2, 0.25) is 0 Å². The van der Waals surface area contributed by atoms with E-state index in [9.17, 15) is 4.79 Å². The number of nitrogens with one attached hydrogen (secondary N) is 1.